The number of hydrogen-bond donors (Lipinski definition) is 0. The van der Waals surface area contributed by atoms with Crippen LogP contribution in [0.3, 0.4) is 0 Å². The summed E-state index contributed by atoms with van der Waals surface area (Å²) in [7, 11) is -3.12. The molecule has 0 saturated carbocycles. The SMILES string of the molecule is O=S1(=O)CCCC1C#Cc1cnc(Cl)cc1F. The summed E-state index contributed by atoms with van der Waals surface area (Å²) in [4.78, 5) is 3.70. The van der Waals surface area contributed by atoms with Gasteiger partial charge < -0.3 is 0 Å². The number of hydrogen-bond acceptors (Lipinski definition) is 3. The Morgan fingerprint density at radius 1 is 1.53 bits per heavy atom. The molecule has 0 aliphatic carbocycles. The topological polar surface area (TPSA) is 47.0 Å². The highest BCUT2D eigenvalue weighted by atomic mass is 35.5. The third-order valence-electron chi connectivity index (χ3n) is 2.52. The molecule has 3 nitrogen and oxygen atoms in total. The maximum Gasteiger partial charge on any atom is 0.164 e. The molecule has 1 unspecified atom stereocenters. The van der Waals surface area contributed by atoms with Crippen LogP contribution in [0.5, 0.6) is 0 Å². The standard InChI is InChI=1S/C11H9ClFNO2S/c12-11-6-10(13)8(7-14-11)3-4-9-2-1-5-17(9,15)16/h6-7,9H,1-2,5H2. The van der Waals surface area contributed by atoms with Crippen molar-refractivity contribution in [2.45, 2.75) is 18.1 Å². The lowest BCUT2D eigenvalue weighted by Gasteiger charge is -1.98. The first-order valence-corrected chi connectivity index (χ1v) is 7.12. The quantitative estimate of drug-likeness (QED) is 0.535. The fourth-order valence-electron chi connectivity index (χ4n) is 1.61. The second-order valence-electron chi connectivity index (χ2n) is 3.75. The number of sulfone groups is 1. The molecule has 90 valence electrons. The smallest absolute Gasteiger partial charge is 0.164 e. The summed E-state index contributed by atoms with van der Waals surface area (Å²) in [6.07, 6.45) is 2.33. The molecule has 17 heavy (non-hydrogen) atoms. The van der Waals surface area contributed by atoms with Gasteiger partial charge in [0.05, 0.1) is 11.3 Å². The van der Waals surface area contributed by atoms with E-state index in [-0.39, 0.29) is 16.5 Å². The van der Waals surface area contributed by atoms with E-state index in [0.29, 0.717) is 12.8 Å². The van der Waals surface area contributed by atoms with Gasteiger partial charge >= 0.3 is 0 Å². The minimum Gasteiger partial charge on any atom is -0.243 e. The van der Waals surface area contributed by atoms with Crippen molar-refractivity contribution in [3.63, 3.8) is 0 Å². The van der Waals surface area contributed by atoms with Gasteiger partial charge in [-0.05, 0) is 12.8 Å². The largest absolute Gasteiger partial charge is 0.243 e. The third-order valence-corrected chi connectivity index (χ3v) is 4.80. The summed E-state index contributed by atoms with van der Waals surface area (Å²) in [5.41, 5.74) is 0.0662. The molecule has 1 saturated heterocycles. The monoisotopic (exact) mass is 273 g/mol. The molecule has 1 aliphatic rings. The second kappa shape index (κ2) is 4.63. The zero-order valence-corrected chi connectivity index (χ0v) is 10.4. The molecule has 0 bridgehead atoms. The minimum atomic E-state index is -3.12. The Hall–Kier alpha value is -1.12. The normalized spacial score (nSPS) is 21.9. The maximum atomic E-state index is 13.3. The Labute approximate surface area is 104 Å². The molecular weight excluding hydrogens is 265 g/mol. The van der Waals surface area contributed by atoms with E-state index < -0.39 is 20.9 Å². The Morgan fingerprint density at radius 2 is 2.29 bits per heavy atom. The lowest BCUT2D eigenvalue weighted by molar-refractivity contribution is 0.598. The molecule has 1 aromatic heterocycles. The van der Waals surface area contributed by atoms with Gasteiger partial charge in [0, 0.05) is 12.3 Å². The predicted octanol–water partition coefficient (Wildman–Crippen LogP) is 1.80. The number of aromatic nitrogens is 1. The van der Waals surface area contributed by atoms with Crippen molar-refractivity contribution in [3.05, 3.63) is 28.8 Å². The molecule has 0 radical (unpaired) electrons. The van der Waals surface area contributed by atoms with Gasteiger partial charge in [-0.3, -0.25) is 0 Å². The van der Waals surface area contributed by atoms with Crippen LogP contribution in [0.2, 0.25) is 5.15 Å². The average molecular weight is 274 g/mol. The van der Waals surface area contributed by atoms with Crippen molar-refractivity contribution in [2.24, 2.45) is 0 Å². The van der Waals surface area contributed by atoms with E-state index >= 15 is 0 Å². The summed E-state index contributed by atoms with van der Waals surface area (Å²) in [6.45, 7) is 0. The highest BCUT2D eigenvalue weighted by Crippen LogP contribution is 2.19. The lowest BCUT2D eigenvalue weighted by atomic mass is 10.2. The lowest BCUT2D eigenvalue weighted by Crippen LogP contribution is -2.13. The van der Waals surface area contributed by atoms with Crippen molar-refractivity contribution in [1.29, 1.82) is 0 Å². The van der Waals surface area contributed by atoms with E-state index in [0.717, 1.165) is 6.07 Å². The van der Waals surface area contributed by atoms with Crippen LogP contribution in [0, 0.1) is 17.7 Å². The molecule has 1 fully saturated rings. The van der Waals surface area contributed by atoms with E-state index in [1.165, 1.54) is 6.20 Å². The molecule has 0 spiro atoms. The van der Waals surface area contributed by atoms with Gasteiger partial charge in [-0.1, -0.05) is 23.4 Å². The maximum absolute atomic E-state index is 13.3. The van der Waals surface area contributed by atoms with Crippen molar-refractivity contribution >= 4 is 21.4 Å². The average Bonchev–Trinajstić information content (AvgIpc) is 2.57. The summed E-state index contributed by atoms with van der Waals surface area (Å²) < 4.78 is 36.3. The van der Waals surface area contributed by atoms with E-state index in [1.54, 1.807) is 0 Å². The summed E-state index contributed by atoms with van der Waals surface area (Å²) in [6, 6.07) is 1.05. The van der Waals surface area contributed by atoms with E-state index in [9.17, 15) is 12.8 Å². The molecule has 2 rings (SSSR count). The van der Waals surface area contributed by atoms with Crippen molar-refractivity contribution in [3.8, 4) is 11.8 Å². The molecule has 2 heterocycles. The first kappa shape index (κ1) is 12.3. The molecule has 0 amide bonds. The van der Waals surface area contributed by atoms with E-state index in [2.05, 4.69) is 16.8 Å². The van der Waals surface area contributed by atoms with Crippen LogP contribution in [0.1, 0.15) is 18.4 Å². The van der Waals surface area contributed by atoms with E-state index in [1.807, 2.05) is 0 Å². The molecule has 1 aromatic rings. The van der Waals surface area contributed by atoms with Gasteiger partial charge in [0.2, 0.25) is 0 Å². The van der Waals surface area contributed by atoms with Crippen molar-refractivity contribution in [1.82, 2.24) is 4.98 Å². The van der Waals surface area contributed by atoms with Crippen LogP contribution < -0.4 is 0 Å². The van der Waals surface area contributed by atoms with Gasteiger partial charge in [-0.25, -0.2) is 17.8 Å². The van der Waals surface area contributed by atoms with Crippen LogP contribution in [-0.2, 0) is 9.84 Å². The fourth-order valence-corrected chi connectivity index (χ4v) is 3.37. The fraction of sp³-hybridized carbons (Fsp3) is 0.364. The Bertz CT molecular complexity index is 604. The summed E-state index contributed by atoms with van der Waals surface area (Å²) >= 11 is 5.49. The van der Waals surface area contributed by atoms with Gasteiger partial charge in [0.1, 0.15) is 16.2 Å². The summed E-state index contributed by atoms with van der Waals surface area (Å²) in [5, 5.41) is -0.640. The van der Waals surface area contributed by atoms with Crippen molar-refractivity contribution in [2.75, 3.05) is 5.75 Å². The molecule has 6 heteroatoms. The number of rotatable bonds is 0. The Kier molecular flexibility index (Phi) is 3.36. The molecular formula is C11H9ClFNO2S. The summed E-state index contributed by atoms with van der Waals surface area (Å²) in [5.74, 6) is 4.67. The number of halogens is 2. The van der Waals surface area contributed by atoms with Crippen LogP contribution in [0.4, 0.5) is 4.39 Å². The van der Waals surface area contributed by atoms with E-state index in [4.69, 9.17) is 11.6 Å². The predicted molar refractivity (Wildman–Crippen MR) is 62.9 cm³/mol. The van der Waals surface area contributed by atoms with Gasteiger partial charge in [0.25, 0.3) is 0 Å². The Morgan fingerprint density at radius 3 is 2.88 bits per heavy atom. The molecule has 0 N–H and O–H groups in total. The zero-order chi connectivity index (χ0) is 12.5. The Balaban J connectivity index is 2.28. The van der Waals surface area contributed by atoms with Gasteiger partial charge in [-0.2, -0.15) is 0 Å². The first-order valence-electron chi connectivity index (χ1n) is 5.03. The first-order chi connectivity index (χ1) is 7.99. The van der Waals surface area contributed by atoms with Gasteiger partial charge in [0.15, 0.2) is 9.84 Å². The number of pyridine rings is 1. The second-order valence-corrected chi connectivity index (χ2v) is 6.44. The van der Waals surface area contributed by atoms with Crippen LogP contribution in [0.15, 0.2) is 12.3 Å². The molecule has 1 atom stereocenters. The molecule has 0 aromatic carbocycles. The van der Waals surface area contributed by atoms with Crippen LogP contribution in [0.25, 0.3) is 0 Å². The van der Waals surface area contributed by atoms with Crippen LogP contribution in [-0.4, -0.2) is 24.4 Å². The highest BCUT2D eigenvalue weighted by Gasteiger charge is 2.29. The third kappa shape index (κ3) is 2.76. The van der Waals surface area contributed by atoms with Gasteiger partial charge in [-0.15, -0.1) is 0 Å². The zero-order valence-electron chi connectivity index (χ0n) is 8.78. The van der Waals surface area contributed by atoms with Crippen LogP contribution >= 0.6 is 11.6 Å². The highest BCUT2D eigenvalue weighted by molar-refractivity contribution is 7.92. The van der Waals surface area contributed by atoms with Crippen molar-refractivity contribution < 1.29 is 12.8 Å². The molecule has 1 aliphatic heterocycles. The number of nitrogens with zero attached hydrogens (tertiary/aromatic N) is 1. The minimum absolute atomic E-state index is 0.0431.